The zero-order chi connectivity index (χ0) is 58.1. The average Bonchev–Trinajstić information content (AvgIpc) is 3.90. The molecule has 28 heteroatoms. The summed E-state index contributed by atoms with van der Waals surface area (Å²) < 4.78 is 60.0. The number of aliphatic hydroxyl groups excluding tert-OH is 17. The number of carbonyl (C=O) groups excluding carboxylic acids is 1. The van der Waals surface area contributed by atoms with Crippen LogP contribution in [0, 0.1) is 28.1 Å². The minimum Gasteiger partial charge on any atom is -0.432 e. The van der Waals surface area contributed by atoms with Crippen LogP contribution in [0.4, 0.5) is 0 Å². The smallest absolute Gasteiger partial charge is 0.314 e. The Morgan fingerprint density at radius 1 is 0.500 bits per heavy atom. The van der Waals surface area contributed by atoms with Crippen LogP contribution in [0.25, 0.3) is 0 Å². The number of ether oxygens (including phenoxy) is 10. The van der Waals surface area contributed by atoms with Gasteiger partial charge in [0.1, 0.15) is 116 Å². The molecule has 460 valence electrons. The highest BCUT2D eigenvalue weighted by molar-refractivity contribution is 5.77. The van der Waals surface area contributed by atoms with Crippen molar-refractivity contribution in [3.05, 3.63) is 12.2 Å². The Balaban J connectivity index is 0.910. The van der Waals surface area contributed by atoms with Gasteiger partial charge in [0.2, 0.25) is 6.29 Å². The third-order valence-corrected chi connectivity index (χ3v) is 19.8. The Hall–Kier alpha value is -1.83. The maximum absolute atomic E-state index is 14.8. The predicted octanol–water partition coefficient (Wildman–Crippen LogP) is -6.86. The van der Waals surface area contributed by atoms with Crippen molar-refractivity contribution in [1.82, 2.24) is 0 Å². The lowest BCUT2D eigenvalue weighted by molar-refractivity contribution is -0.371. The summed E-state index contributed by atoms with van der Waals surface area (Å²) in [5, 5.41) is 180. The van der Waals surface area contributed by atoms with E-state index in [1.54, 1.807) is 0 Å². The fourth-order valence-electron chi connectivity index (χ4n) is 15.4. The maximum atomic E-state index is 14.8. The van der Waals surface area contributed by atoms with Crippen molar-refractivity contribution in [2.75, 3.05) is 39.6 Å². The summed E-state index contributed by atoms with van der Waals surface area (Å²) in [4.78, 5) is 14.8. The monoisotopic (exact) mass is 1160 g/mol. The number of esters is 1. The topological polar surface area (TPSA) is 453 Å². The van der Waals surface area contributed by atoms with Gasteiger partial charge >= 0.3 is 5.97 Å². The van der Waals surface area contributed by atoms with E-state index in [-0.39, 0.29) is 30.3 Å². The first-order valence-corrected chi connectivity index (χ1v) is 27.9. The number of aliphatic hydroxyl groups is 17. The summed E-state index contributed by atoms with van der Waals surface area (Å²) in [6, 6.07) is 0. The molecule has 0 radical (unpaired) electrons. The highest BCUT2D eigenvalue weighted by atomic mass is 16.8. The van der Waals surface area contributed by atoms with E-state index in [4.69, 9.17) is 47.4 Å². The normalized spacial score (nSPS) is 53.4. The van der Waals surface area contributed by atoms with Gasteiger partial charge in [0.05, 0.1) is 56.8 Å². The van der Waals surface area contributed by atoms with Crippen LogP contribution in [-0.4, -0.2) is 291 Å². The van der Waals surface area contributed by atoms with Gasteiger partial charge in [-0.2, -0.15) is 0 Å². The highest BCUT2D eigenvalue weighted by Crippen LogP contribution is 2.73. The van der Waals surface area contributed by atoms with E-state index in [9.17, 15) is 91.6 Å². The van der Waals surface area contributed by atoms with Crippen LogP contribution >= 0.6 is 0 Å². The second-order valence-corrected chi connectivity index (χ2v) is 24.3. The first-order chi connectivity index (χ1) is 37.9. The molecule has 0 amide bonds. The van der Waals surface area contributed by atoms with E-state index in [2.05, 4.69) is 13.5 Å². The second kappa shape index (κ2) is 24.5. The van der Waals surface area contributed by atoms with Crippen molar-refractivity contribution in [2.45, 2.75) is 237 Å². The molecule has 1 spiro atoms. The molecule has 9 fully saturated rings. The molecule has 31 atom stereocenters. The Bertz CT molecular complexity index is 2110. The predicted molar refractivity (Wildman–Crippen MR) is 261 cm³/mol. The number of rotatable bonds is 17. The van der Waals surface area contributed by atoms with E-state index in [1.165, 1.54) is 0 Å². The second-order valence-electron chi connectivity index (χ2n) is 24.3. The van der Waals surface area contributed by atoms with E-state index < -0.39 is 209 Å². The lowest BCUT2D eigenvalue weighted by atomic mass is 9.41. The third kappa shape index (κ3) is 11.0. The van der Waals surface area contributed by atoms with Gasteiger partial charge < -0.3 is 134 Å². The lowest BCUT2D eigenvalue weighted by Crippen LogP contribution is -2.67. The van der Waals surface area contributed by atoms with Gasteiger partial charge in [0, 0.05) is 0 Å². The fourth-order valence-corrected chi connectivity index (χ4v) is 15.4. The van der Waals surface area contributed by atoms with Gasteiger partial charge in [-0.15, -0.1) is 0 Å². The summed E-state index contributed by atoms with van der Waals surface area (Å²) in [5.74, 6) is -0.883. The van der Waals surface area contributed by atoms with Gasteiger partial charge in [-0.05, 0) is 93.0 Å². The van der Waals surface area contributed by atoms with Crippen molar-refractivity contribution in [3.8, 4) is 0 Å². The van der Waals surface area contributed by atoms with E-state index in [0.29, 0.717) is 51.4 Å². The first-order valence-electron chi connectivity index (χ1n) is 27.9. The molecular formula is C52H84O28. The molecule has 5 aliphatic heterocycles. The number of hydrogen-bond acceptors (Lipinski definition) is 28. The van der Waals surface area contributed by atoms with E-state index >= 15 is 0 Å². The number of carbonyl (C=O) groups is 1. The molecule has 9 aliphatic rings. The zero-order valence-electron chi connectivity index (χ0n) is 44.7. The minimum absolute atomic E-state index is 0.0558. The molecule has 80 heavy (non-hydrogen) atoms. The van der Waals surface area contributed by atoms with Crippen molar-refractivity contribution in [3.63, 3.8) is 0 Å². The van der Waals surface area contributed by atoms with Crippen LogP contribution in [0.5, 0.6) is 0 Å². The maximum Gasteiger partial charge on any atom is 0.314 e. The molecule has 2 bridgehead atoms. The van der Waals surface area contributed by atoms with Crippen LogP contribution < -0.4 is 0 Å². The van der Waals surface area contributed by atoms with Gasteiger partial charge in [0.25, 0.3) is 0 Å². The van der Waals surface area contributed by atoms with Crippen LogP contribution in [0.1, 0.15) is 78.1 Å². The molecule has 4 saturated carbocycles. The Kier molecular flexibility index (Phi) is 19.2. The summed E-state index contributed by atoms with van der Waals surface area (Å²) in [6.07, 6.45) is -37.1. The van der Waals surface area contributed by atoms with Gasteiger partial charge in [-0.1, -0.05) is 19.9 Å². The molecule has 17 N–H and O–H groups in total. The molecular weight excluding hydrogens is 1070 g/mol. The van der Waals surface area contributed by atoms with Crippen molar-refractivity contribution in [1.29, 1.82) is 0 Å². The molecule has 5 heterocycles. The van der Waals surface area contributed by atoms with Crippen LogP contribution in [0.2, 0.25) is 0 Å². The quantitative estimate of drug-likeness (QED) is 0.0475. The number of hydrogen-bond donors (Lipinski definition) is 17. The van der Waals surface area contributed by atoms with Gasteiger partial charge in [-0.3, -0.25) is 4.79 Å². The van der Waals surface area contributed by atoms with E-state index in [0.717, 1.165) is 12.0 Å². The molecule has 28 nitrogen and oxygen atoms in total. The van der Waals surface area contributed by atoms with Crippen molar-refractivity contribution in [2.24, 2.45) is 28.1 Å². The first kappa shape index (κ1) is 62.7. The molecule has 4 aliphatic carbocycles. The SMILES string of the molecule is C=C1C[C@@]23CC[C@H]4[C@@](C)(CCC[C@@]4(C)C(=O)OC4OC(CO)C(O)C(O)C4OC4OC(CO)C(O)C(O)C4O)[C@@H]2CC[C@]1(OCCC1OC(CO)C(O)C(OC2OC(CO)C(O)C(O)C2O)C1OC1OC(CO)C(O)C(O)C1O)C3. The van der Waals surface area contributed by atoms with Gasteiger partial charge in [-0.25, -0.2) is 0 Å². The Morgan fingerprint density at radius 3 is 1.46 bits per heavy atom. The zero-order valence-corrected chi connectivity index (χ0v) is 44.7. The minimum atomic E-state index is -1.94. The Labute approximate surface area is 460 Å². The highest BCUT2D eigenvalue weighted by Gasteiger charge is 2.69. The summed E-state index contributed by atoms with van der Waals surface area (Å²) >= 11 is 0. The molecule has 9 rings (SSSR count). The summed E-state index contributed by atoms with van der Waals surface area (Å²) in [7, 11) is 0. The van der Waals surface area contributed by atoms with Crippen LogP contribution in [-0.2, 0) is 52.2 Å². The standard InChI is InChI=1S/C52H84O28/c1-20-13-51-10-5-27-49(2,8-4-9-50(27,3)48(70)80-47-43(37(66)32(61)25(17-56)76-47)79-46-40(69)36(65)31(60)24(16-55)75-46)28(51)6-11-52(20,19-51)71-12-7-21-41(77-44-38(67)34(63)29(58)22(14-53)73-44)42(33(62)26(18-57)72-21)78-45-39(68)35(64)30(59)23(15-54)74-45/h21-47,53-69H,1,4-19H2,2-3H3/t21?,22?,23?,24?,25?,26?,27-,28-,29?,30?,31?,32?,33?,34?,35?,36?,37?,38?,39?,40?,41?,42?,43?,44?,45?,46?,47?,49+,50+,51+,52-/m0/s1. The third-order valence-electron chi connectivity index (χ3n) is 19.8. The average molecular weight is 1160 g/mol. The Morgan fingerprint density at radius 2 is 0.950 bits per heavy atom. The van der Waals surface area contributed by atoms with Gasteiger partial charge in [0.15, 0.2) is 25.0 Å². The van der Waals surface area contributed by atoms with Crippen LogP contribution in [0.3, 0.4) is 0 Å². The van der Waals surface area contributed by atoms with Crippen LogP contribution in [0.15, 0.2) is 12.2 Å². The molecule has 0 aromatic carbocycles. The lowest BCUT2D eigenvalue weighted by Gasteiger charge is -2.64. The molecule has 0 aromatic heterocycles. The number of fused-ring (bicyclic) bond motifs is 3. The molecule has 5 saturated heterocycles. The summed E-state index contributed by atoms with van der Waals surface area (Å²) in [6.45, 7) is 4.55. The fraction of sp³-hybridized carbons (Fsp3) is 0.942. The van der Waals surface area contributed by atoms with Crippen molar-refractivity contribution >= 4 is 5.97 Å². The molecule has 0 aromatic rings. The molecule has 25 unspecified atom stereocenters. The largest absolute Gasteiger partial charge is 0.432 e. The summed E-state index contributed by atoms with van der Waals surface area (Å²) in [5.41, 5.74) is -1.89. The van der Waals surface area contributed by atoms with E-state index in [1.807, 2.05) is 6.92 Å². The van der Waals surface area contributed by atoms with Crippen molar-refractivity contribution < 1.29 is 139 Å².